The highest BCUT2D eigenvalue weighted by molar-refractivity contribution is 5.26. The van der Waals surface area contributed by atoms with Crippen LogP contribution in [-0.2, 0) is 4.74 Å². The number of allylic oxidation sites excluding steroid dienone is 1. The topological polar surface area (TPSA) is 9.23 Å². The Bertz CT molecular complexity index is 354. The first-order valence-electron chi connectivity index (χ1n) is 6.75. The lowest BCUT2D eigenvalue weighted by Gasteiger charge is -2.50. The third-order valence-corrected chi connectivity index (χ3v) is 5.59. The van der Waals surface area contributed by atoms with Gasteiger partial charge in [0.25, 0.3) is 0 Å². The van der Waals surface area contributed by atoms with Crippen molar-refractivity contribution in [2.45, 2.75) is 71.0 Å². The first kappa shape index (κ1) is 10.8. The number of rotatable bonds is 0. The summed E-state index contributed by atoms with van der Waals surface area (Å²) in [5.41, 5.74) is 2.10. The highest BCUT2D eigenvalue weighted by atomic mass is 16.5. The lowest BCUT2D eigenvalue weighted by Crippen LogP contribution is -2.49. The first-order valence-corrected chi connectivity index (χ1v) is 6.75. The highest BCUT2D eigenvalue weighted by Crippen LogP contribution is 2.62. The van der Waals surface area contributed by atoms with Crippen molar-refractivity contribution in [2.75, 3.05) is 0 Å². The van der Waals surface area contributed by atoms with Crippen LogP contribution in [0.4, 0.5) is 0 Å². The highest BCUT2D eigenvalue weighted by Gasteiger charge is 2.62. The van der Waals surface area contributed by atoms with E-state index in [4.69, 9.17) is 4.74 Å². The van der Waals surface area contributed by atoms with Crippen LogP contribution in [0.3, 0.4) is 0 Å². The minimum absolute atomic E-state index is 0.0712. The van der Waals surface area contributed by atoms with Crippen molar-refractivity contribution >= 4 is 0 Å². The molecule has 0 N–H and O–H groups in total. The molecular formula is C15H24O. The fourth-order valence-electron chi connectivity index (χ4n) is 4.27. The Morgan fingerprint density at radius 2 is 2.00 bits per heavy atom. The third kappa shape index (κ3) is 1.21. The van der Waals surface area contributed by atoms with Gasteiger partial charge in [0.2, 0.25) is 0 Å². The summed E-state index contributed by atoms with van der Waals surface area (Å²) in [6, 6.07) is 0. The van der Waals surface area contributed by atoms with Crippen molar-refractivity contribution in [1.82, 2.24) is 0 Å². The van der Waals surface area contributed by atoms with Crippen LogP contribution >= 0.6 is 0 Å². The standard InChI is InChI=1S/C15H24O/c1-11-5-7-14(4)8-6-12-10-15(14,9-11)16-13(12,2)3/h9,12H,5-8,10H2,1-4H3/t12-,14+,15-/m1/s1. The second-order valence-corrected chi connectivity index (χ2v) is 7.09. The van der Waals surface area contributed by atoms with Crippen LogP contribution in [0.25, 0.3) is 0 Å². The SMILES string of the molecule is CC1=C[C@@]23C[C@@H](CC[C@]2(C)CC1)C(C)(C)O3. The summed E-state index contributed by atoms with van der Waals surface area (Å²) in [5.74, 6) is 0.766. The maximum absolute atomic E-state index is 6.56. The molecule has 16 heavy (non-hydrogen) atoms. The van der Waals surface area contributed by atoms with E-state index < -0.39 is 0 Å². The van der Waals surface area contributed by atoms with Crippen molar-refractivity contribution < 1.29 is 4.74 Å². The van der Waals surface area contributed by atoms with Crippen LogP contribution in [0.2, 0.25) is 0 Å². The molecule has 3 rings (SSSR count). The predicted molar refractivity (Wildman–Crippen MR) is 66.3 cm³/mol. The molecule has 2 aliphatic carbocycles. The molecule has 1 heterocycles. The molecule has 0 radical (unpaired) electrons. The summed E-state index contributed by atoms with van der Waals surface area (Å²) in [4.78, 5) is 0. The normalized spacial score (nSPS) is 49.8. The molecule has 2 bridgehead atoms. The van der Waals surface area contributed by atoms with Crippen LogP contribution in [0.5, 0.6) is 0 Å². The number of hydrogen-bond acceptors (Lipinski definition) is 1. The van der Waals surface area contributed by atoms with E-state index in [2.05, 4.69) is 33.8 Å². The largest absolute Gasteiger partial charge is 0.364 e. The van der Waals surface area contributed by atoms with Gasteiger partial charge < -0.3 is 4.74 Å². The molecule has 0 unspecified atom stereocenters. The Morgan fingerprint density at radius 1 is 1.25 bits per heavy atom. The van der Waals surface area contributed by atoms with E-state index in [0.29, 0.717) is 5.41 Å². The monoisotopic (exact) mass is 220 g/mol. The molecule has 0 aromatic carbocycles. The summed E-state index contributed by atoms with van der Waals surface area (Å²) >= 11 is 0. The fraction of sp³-hybridized carbons (Fsp3) is 0.867. The zero-order valence-corrected chi connectivity index (χ0v) is 11.1. The number of hydrogen-bond donors (Lipinski definition) is 0. The van der Waals surface area contributed by atoms with Gasteiger partial charge in [-0.2, -0.15) is 0 Å². The molecule has 1 spiro atoms. The number of fused-ring (bicyclic) bond motifs is 1. The molecule has 2 fully saturated rings. The van der Waals surface area contributed by atoms with Gasteiger partial charge in [0.05, 0.1) is 11.2 Å². The third-order valence-electron chi connectivity index (χ3n) is 5.59. The fourth-order valence-corrected chi connectivity index (χ4v) is 4.27. The van der Waals surface area contributed by atoms with Gasteiger partial charge in [0.1, 0.15) is 0 Å². The minimum atomic E-state index is 0.0712. The van der Waals surface area contributed by atoms with Crippen LogP contribution in [0, 0.1) is 11.3 Å². The Labute approximate surface area is 99.3 Å². The van der Waals surface area contributed by atoms with Crippen LogP contribution < -0.4 is 0 Å². The Kier molecular flexibility index (Phi) is 1.98. The van der Waals surface area contributed by atoms with E-state index >= 15 is 0 Å². The van der Waals surface area contributed by atoms with Gasteiger partial charge in [-0.05, 0) is 58.8 Å². The van der Waals surface area contributed by atoms with Crippen LogP contribution in [0.1, 0.15) is 59.8 Å². The van der Waals surface area contributed by atoms with Crippen LogP contribution in [-0.4, -0.2) is 11.2 Å². The van der Waals surface area contributed by atoms with Crippen molar-refractivity contribution in [3.63, 3.8) is 0 Å². The van der Waals surface area contributed by atoms with Gasteiger partial charge in [-0.1, -0.05) is 18.6 Å². The van der Waals surface area contributed by atoms with E-state index in [1.54, 1.807) is 0 Å². The average Bonchev–Trinajstić information content (AvgIpc) is 2.39. The maximum Gasteiger partial charge on any atom is 0.0929 e. The minimum Gasteiger partial charge on any atom is -0.364 e. The molecule has 1 heteroatoms. The molecule has 1 aliphatic heterocycles. The summed E-state index contributed by atoms with van der Waals surface area (Å²) in [7, 11) is 0. The molecule has 90 valence electrons. The summed E-state index contributed by atoms with van der Waals surface area (Å²) in [6.45, 7) is 9.30. The van der Waals surface area contributed by atoms with Crippen molar-refractivity contribution in [1.29, 1.82) is 0 Å². The van der Waals surface area contributed by atoms with Crippen molar-refractivity contribution in [3.05, 3.63) is 11.6 Å². The van der Waals surface area contributed by atoms with Gasteiger partial charge in [-0.25, -0.2) is 0 Å². The second-order valence-electron chi connectivity index (χ2n) is 7.09. The number of ether oxygens (including phenoxy) is 1. The lowest BCUT2D eigenvalue weighted by atomic mass is 9.57. The van der Waals surface area contributed by atoms with E-state index in [0.717, 1.165) is 5.92 Å². The van der Waals surface area contributed by atoms with Gasteiger partial charge in [0, 0.05) is 5.41 Å². The first-order chi connectivity index (χ1) is 7.37. The molecule has 3 aliphatic rings. The average molecular weight is 220 g/mol. The molecule has 0 aromatic heterocycles. The molecular weight excluding hydrogens is 196 g/mol. The van der Waals surface area contributed by atoms with Gasteiger partial charge in [0.15, 0.2) is 0 Å². The molecule has 1 saturated heterocycles. The zero-order valence-electron chi connectivity index (χ0n) is 11.1. The maximum atomic E-state index is 6.56. The zero-order chi connectivity index (χ0) is 11.6. The Balaban J connectivity index is 2.08. The van der Waals surface area contributed by atoms with E-state index in [1.165, 1.54) is 37.7 Å². The summed E-state index contributed by atoms with van der Waals surface area (Å²) in [6.07, 6.45) is 9.03. The summed E-state index contributed by atoms with van der Waals surface area (Å²) < 4.78 is 6.56. The van der Waals surface area contributed by atoms with Gasteiger partial charge in [-0.3, -0.25) is 0 Å². The Morgan fingerprint density at radius 3 is 2.75 bits per heavy atom. The van der Waals surface area contributed by atoms with E-state index in [-0.39, 0.29) is 11.2 Å². The molecule has 1 saturated carbocycles. The van der Waals surface area contributed by atoms with E-state index in [1.807, 2.05) is 0 Å². The van der Waals surface area contributed by atoms with Gasteiger partial charge >= 0.3 is 0 Å². The smallest absolute Gasteiger partial charge is 0.0929 e. The van der Waals surface area contributed by atoms with Crippen molar-refractivity contribution in [2.24, 2.45) is 11.3 Å². The second kappa shape index (κ2) is 2.93. The van der Waals surface area contributed by atoms with Crippen molar-refractivity contribution in [3.8, 4) is 0 Å². The molecule has 3 atom stereocenters. The lowest BCUT2D eigenvalue weighted by molar-refractivity contribution is -0.124. The molecule has 0 aromatic rings. The quantitative estimate of drug-likeness (QED) is 0.559. The summed E-state index contributed by atoms with van der Waals surface area (Å²) in [5, 5.41) is 0. The predicted octanol–water partition coefficient (Wildman–Crippen LogP) is 4.08. The Hall–Kier alpha value is -0.300. The molecule has 1 nitrogen and oxygen atoms in total. The van der Waals surface area contributed by atoms with Crippen LogP contribution in [0.15, 0.2) is 11.6 Å². The molecule has 0 amide bonds. The van der Waals surface area contributed by atoms with Gasteiger partial charge in [-0.15, -0.1) is 0 Å². The van der Waals surface area contributed by atoms with E-state index in [9.17, 15) is 0 Å².